The van der Waals surface area contributed by atoms with E-state index in [9.17, 15) is 0 Å². The molecule has 0 saturated heterocycles. The van der Waals surface area contributed by atoms with Gasteiger partial charge < -0.3 is 0 Å². The molecule has 0 aromatic rings. The zero-order valence-electron chi connectivity index (χ0n) is 14.0. The van der Waals surface area contributed by atoms with Gasteiger partial charge in [-0.05, 0) is 42.6 Å². The topological polar surface area (TPSA) is 0 Å². The molecule has 0 radical (unpaired) electrons. The summed E-state index contributed by atoms with van der Waals surface area (Å²) in [5.41, 5.74) is 3.96. The maximum Gasteiger partial charge on any atom is 0.0139 e. The van der Waals surface area contributed by atoms with Crippen LogP contribution in [0.1, 0.15) is 59.3 Å². The smallest absolute Gasteiger partial charge is 0.0139 e. The van der Waals surface area contributed by atoms with Gasteiger partial charge >= 0.3 is 0 Å². The highest BCUT2D eigenvalue weighted by molar-refractivity contribution is 5.46. The SMILES string of the molecule is C=C/C=C1/C=CC2C(=CCC3(C)CCCC23)C1(C)CCC. The number of rotatable bonds is 3. The van der Waals surface area contributed by atoms with E-state index in [2.05, 4.69) is 51.7 Å². The summed E-state index contributed by atoms with van der Waals surface area (Å²) in [5.74, 6) is 1.56. The number of hydrogen-bond acceptors (Lipinski definition) is 0. The Morgan fingerprint density at radius 2 is 2.19 bits per heavy atom. The Hall–Kier alpha value is -1.04. The van der Waals surface area contributed by atoms with Gasteiger partial charge in [0.2, 0.25) is 0 Å². The zero-order valence-corrected chi connectivity index (χ0v) is 14.0. The van der Waals surface area contributed by atoms with Crippen LogP contribution in [0.25, 0.3) is 0 Å². The molecule has 114 valence electrons. The number of hydrogen-bond donors (Lipinski definition) is 0. The molecule has 0 aliphatic heterocycles. The molecule has 3 rings (SSSR count). The third kappa shape index (κ3) is 2.18. The molecule has 0 bridgehead atoms. The molecule has 4 atom stereocenters. The molecule has 0 N–H and O–H groups in total. The molecule has 3 aliphatic rings. The first kappa shape index (κ1) is 14.9. The molecule has 0 amide bonds. The second-order valence-corrected chi connectivity index (χ2v) is 7.84. The third-order valence-corrected chi connectivity index (χ3v) is 6.54. The van der Waals surface area contributed by atoms with Gasteiger partial charge in [-0.25, -0.2) is 0 Å². The van der Waals surface area contributed by atoms with Crippen LogP contribution in [0, 0.1) is 22.7 Å². The van der Waals surface area contributed by atoms with E-state index < -0.39 is 0 Å². The molecule has 1 fully saturated rings. The Morgan fingerprint density at radius 1 is 1.38 bits per heavy atom. The molecule has 0 aromatic carbocycles. The van der Waals surface area contributed by atoms with Crippen molar-refractivity contribution in [2.45, 2.75) is 59.3 Å². The van der Waals surface area contributed by atoms with Gasteiger partial charge in [-0.1, -0.05) is 76.1 Å². The van der Waals surface area contributed by atoms with Crippen LogP contribution >= 0.6 is 0 Å². The molecule has 0 aromatic heterocycles. The minimum atomic E-state index is 0.228. The summed E-state index contributed by atoms with van der Waals surface area (Å²) < 4.78 is 0. The lowest BCUT2D eigenvalue weighted by Crippen LogP contribution is -2.39. The van der Waals surface area contributed by atoms with Gasteiger partial charge in [0.15, 0.2) is 0 Å². The van der Waals surface area contributed by atoms with E-state index in [4.69, 9.17) is 0 Å². The van der Waals surface area contributed by atoms with E-state index in [-0.39, 0.29) is 5.41 Å². The van der Waals surface area contributed by atoms with Gasteiger partial charge in [-0.15, -0.1) is 0 Å². The van der Waals surface area contributed by atoms with Gasteiger partial charge in [-0.2, -0.15) is 0 Å². The molecule has 0 spiro atoms. The van der Waals surface area contributed by atoms with Crippen LogP contribution < -0.4 is 0 Å². The summed E-state index contributed by atoms with van der Waals surface area (Å²) in [4.78, 5) is 0. The summed E-state index contributed by atoms with van der Waals surface area (Å²) in [6.45, 7) is 11.2. The molecule has 0 heterocycles. The molecular formula is C21H30. The second-order valence-electron chi connectivity index (χ2n) is 7.84. The van der Waals surface area contributed by atoms with Crippen LogP contribution in [-0.4, -0.2) is 0 Å². The fraction of sp³-hybridized carbons (Fsp3) is 0.619. The first-order chi connectivity index (χ1) is 10.0. The zero-order chi connectivity index (χ0) is 15.1. The minimum absolute atomic E-state index is 0.228. The van der Waals surface area contributed by atoms with Crippen molar-refractivity contribution in [3.63, 3.8) is 0 Å². The third-order valence-electron chi connectivity index (χ3n) is 6.54. The first-order valence-corrected chi connectivity index (χ1v) is 8.77. The van der Waals surface area contributed by atoms with Crippen molar-refractivity contribution in [1.82, 2.24) is 0 Å². The molecule has 1 saturated carbocycles. The Morgan fingerprint density at radius 3 is 2.90 bits per heavy atom. The molecule has 4 unspecified atom stereocenters. The van der Waals surface area contributed by atoms with Gasteiger partial charge in [0.25, 0.3) is 0 Å². The molecule has 3 aliphatic carbocycles. The summed E-state index contributed by atoms with van der Waals surface area (Å²) in [6, 6.07) is 0. The Balaban J connectivity index is 2.06. The van der Waals surface area contributed by atoms with Crippen LogP contribution in [0.3, 0.4) is 0 Å². The minimum Gasteiger partial charge on any atom is -0.0991 e. The van der Waals surface area contributed by atoms with Crippen LogP contribution in [0.4, 0.5) is 0 Å². The van der Waals surface area contributed by atoms with E-state index in [1.54, 1.807) is 5.57 Å². The maximum absolute atomic E-state index is 3.92. The van der Waals surface area contributed by atoms with Crippen molar-refractivity contribution in [3.05, 3.63) is 48.1 Å². The second kappa shape index (κ2) is 5.30. The maximum atomic E-state index is 3.92. The van der Waals surface area contributed by atoms with Crippen LogP contribution in [0.5, 0.6) is 0 Å². The highest BCUT2D eigenvalue weighted by atomic mass is 14.5. The Labute approximate surface area is 130 Å². The van der Waals surface area contributed by atoms with Crippen molar-refractivity contribution in [2.75, 3.05) is 0 Å². The first-order valence-electron chi connectivity index (χ1n) is 8.77. The van der Waals surface area contributed by atoms with Gasteiger partial charge in [0.1, 0.15) is 0 Å². The van der Waals surface area contributed by atoms with Gasteiger partial charge in [0.05, 0.1) is 0 Å². The van der Waals surface area contributed by atoms with Gasteiger partial charge in [0, 0.05) is 11.3 Å². The molecule has 0 nitrogen and oxygen atoms in total. The van der Waals surface area contributed by atoms with Crippen molar-refractivity contribution >= 4 is 0 Å². The standard InChI is InChI=1S/C21H30/c1-5-8-16-10-11-17-18-9-7-14-20(18,3)15-12-19(17)21(16,4)13-6-2/h5,8,10-12,17-18H,1,6-7,9,13-15H2,2-4H3/b16-8-. The monoisotopic (exact) mass is 282 g/mol. The van der Waals surface area contributed by atoms with Crippen LogP contribution in [-0.2, 0) is 0 Å². The summed E-state index contributed by atoms with van der Waals surface area (Å²) in [5, 5.41) is 0. The predicted octanol–water partition coefficient (Wildman–Crippen LogP) is 6.23. The lowest BCUT2D eigenvalue weighted by atomic mass is 9.55. The van der Waals surface area contributed by atoms with E-state index in [1.165, 1.54) is 44.1 Å². The van der Waals surface area contributed by atoms with E-state index in [0.717, 1.165) is 5.92 Å². The largest absolute Gasteiger partial charge is 0.0991 e. The fourth-order valence-corrected chi connectivity index (χ4v) is 5.37. The van der Waals surface area contributed by atoms with E-state index in [0.29, 0.717) is 11.3 Å². The van der Waals surface area contributed by atoms with Crippen molar-refractivity contribution < 1.29 is 0 Å². The average molecular weight is 282 g/mol. The predicted molar refractivity (Wildman–Crippen MR) is 92.1 cm³/mol. The summed E-state index contributed by atoms with van der Waals surface area (Å²) >= 11 is 0. The molecule has 21 heavy (non-hydrogen) atoms. The highest BCUT2D eigenvalue weighted by Crippen LogP contribution is 2.60. The normalized spacial score (nSPS) is 43.4. The lowest BCUT2D eigenvalue weighted by molar-refractivity contribution is 0.163. The van der Waals surface area contributed by atoms with Crippen molar-refractivity contribution in [3.8, 4) is 0 Å². The van der Waals surface area contributed by atoms with Crippen LogP contribution in [0.2, 0.25) is 0 Å². The quantitative estimate of drug-likeness (QED) is 0.538. The van der Waals surface area contributed by atoms with E-state index >= 15 is 0 Å². The number of fused-ring (bicyclic) bond motifs is 3. The molecule has 0 heteroatoms. The average Bonchev–Trinajstić information content (AvgIpc) is 2.84. The Bertz CT molecular complexity index is 518. The Kier molecular flexibility index (Phi) is 3.76. The summed E-state index contributed by atoms with van der Waals surface area (Å²) in [6.07, 6.45) is 19.8. The fourth-order valence-electron chi connectivity index (χ4n) is 5.37. The van der Waals surface area contributed by atoms with Gasteiger partial charge in [-0.3, -0.25) is 0 Å². The highest BCUT2D eigenvalue weighted by Gasteiger charge is 2.50. The summed E-state index contributed by atoms with van der Waals surface area (Å²) in [7, 11) is 0. The van der Waals surface area contributed by atoms with Crippen molar-refractivity contribution in [2.24, 2.45) is 22.7 Å². The van der Waals surface area contributed by atoms with Crippen molar-refractivity contribution in [1.29, 1.82) is 0 Å². The molecular weight excluding hydrogens is 252 g/mol. The van der Waals surface area contributed by atoms with E-state index in [1.807, 2.05) is 6.08 Å². The number of allylic oxidation sites excluding steroid dienone is 7. The van der Waals surface area contributed by atoms with Crippen LogP contribution in [0.15, 0.2) is 48.1 Å². The lowest BCUT2D eigenvalue weighted by Gasteiger charge is -2.49.